The second-order valence-corrected chi connectivity index (χ2v) is 6.14. The van der Waals surface area contributed by atoms with Gasteiger partial charge in [0, 0.05) is 18.7 Å². The molecule has 24 heavy (non-hydrogen) atoms. The van der Waals surface area contributed by atoms with Gasteiger partial charge in [0.2, 0.25) is 0 Å². The van der Waals surface area contributed by atoms with Crippen LogP contribution < -0.4 is 10.1 Å². The van der Waals surface area contributed by atoms with E-state index >= 15 is 0 Å². The first-order valence-corrected chi connectivity index (χ1v) is 8.68. The number of benzene rings is 3. The van der Waals surface area contributed by atoms with Gasteiger partial charge in [0.25, 0.3) is 0 Å². The van der Waals surface area contributed by atoms with Crippen LogP contribution in [0.5, 0.6) is 5.75 Å². The Balaban J connectivity index is 1.82. The fraction of sp³-hybridized carbons (Fsp3) is 0.273. The molecule has 0 aromatic heterocycles. The van der Waals surface area contributed by atoms with E-state index in [0.29, 0.717) is 0 Å². The van der Waals surface area contributed by atoms with E-state index in [1.165, 1.54) is 27.5 Å². The van der Waals surface area contributed by atoms with E-state index < -0.39 is 0 Å². The molecule has 0 amide bonds. The van der Waals surface area contributed by atoms with Crippen molar-refractivity contribution < 1.29 is 4.74 Å². The van der Waals surface area contributed by atoms with Crippen molar-refractivity contribution >= 4 is 10.8 Å². The van der Waals surface area contributed by atoms with Gasteiger partial charge in [-0.2, -0.15) is 0 Å². The van der Waals surface area contributed by atoms with Crippen LogP contribution in [-0.4, -0.2) is 6.61 Å². The van der Waals surface area contributed by atoms with Gasteiger partial charge in [-0.15, -0.1) is 0 Å². The summed E-state index contributed by atoms with van der Waals surface area (Å²) in [7, 11) is 0. The van der Waals surface area contributed by atoms with Gasteiger partial charge in [0.1, 0.15) is 5.75 Å². The van der Waals surface area contributed by atoms with Crippen molar-refractivity contribution in [1.29, 1.82) is 0 Å². The molecule has 3 rings (SSSR count). The molecule has 0 spiro atoms. The Kier molecular flexibility index (Phi) is 5.50. The van der Waals surface area contributed by atoms with Crippen LogP contribution in [0.15, 0.2) is 60.7 Å². The van der Waals surface area contributed by atoms with Crippen molar-refractivity contribution in [2.24, 2.45) is 0 Å². The predicted octanol–water partition coefficient (Wildman–Crippen LogP) is 5.23. The van der Waals surface area contributed by atoms with Crippen molar-refractivity contribution in [3.05, 3.63) is 77.4 Å². The molecule has 0 saturated carbocycles. The Morgan fingerprint density at radius 1 is 0.875 bits per heavy atom. The second-order valence-electron chi connectivity index (χ2n) is 6.14. The van der Waals surface area contributed by atoms with E-state index in [-0.39, 0.29) is 0 Å². The van der Waals surface area contributed by atoms with Crippen LogP contribution in [0.25, 0.3) is 10.8 Å². The Morgan fingerprint density at radius 2 is 1.67 bits per heavy atom. The molecule has 0 saturated heterocycles. The Hall–Kier alpha value is -2.32. The molecule has 0 aliphatic carbocycles. The van der Waals surface area contributed by atoms with Crippen LogP contribution in [0, 0.1) is 6.92 Å². The molecule has 2 nitrogen and oxygen atoms in total. The number of hydrogen-bond donors (Lipinski definition) is 1. The minimum Gasteiger partial charge on any atom is -0.493 e. The summed E-state index contributed by atoms with van der Waals surface area (Å²) in [5, 5.41) is 6.11. The van der Waals surface area contributed by atoms with Crippen molar-refractivity contribution in [2.45, 2.75) is 33.4 Å². The number of ether oxygens (including phenoxy) is 1. The third-order valence-electron chi connectivity index (χ3n) is 4.34. The van der Waals surface area contributed by atoms with E-state index in [1.807, 2.05) is 0 Å². The molecular weight excluding hydrogens is 294 g/mol. The topological polar surface area (TPSA) is 21.3 Å². The average Bonchev–Trinajstić information content (AvgIpc) is 2.62. The van der Waals surface area contributed by atoms with Crippen LogP contribution >= 0.6 is 0 Å². The number of rotatable bonds is 7. The lowest BCUT2D eigenvalue weighted by molar-refractivity contribution is 0.314. The van der Waals surface area contributed by atoms with E-state index in [4.69, 9.17) is 4.74 Å². The summed E-state index contributed by atoms with van der Waals surface area (Å²) in [5.41, 5.74) is 3.91. The minimum absolute atomic E-state index is 0.753. The molecule has 0 fully saturated rings. The molecule has 3 aromatic rings. The highest BCUT2D eigenvalue weighted by atomic mass is 16.5. The minimum atomic E-state index is 0.753. The lowest BCUT2D eigenvalue weighted by Gasteiger charge is -2.15. The lowest BCUT2D eigenvalue weighted by atomic mass is 10.0. The normalized spacial score (nSPS) is 10.9. The van der Waals surface area contributed by atoms with Gasteiger partial charge in [0.05, 0.1) is 6.61 Å². The van der Waals surface area contributed by atoms with Crippen molar-refractivity contribution in [2.75, 3.05) is 6.61 Å². The number of nitrogens with one attached hydrogen (secondary N) is 1. The Bertz CT molecular complexity index is 810. The quantitative estimate of drug-likeness (QED) is 0.644. The van der Waals surface area contributed by atoms with E-state index in [9.17, 15) is 0 Å². The molecular formula is C22H25NO. The predicted molar refractivity (Wildman–Crippen MR) is 101 cm³/mol. The highest BCUT2D eigenvalue weighted by Crippen LogP contribution is 2.28. The standard InChI is InChI=1S/C22H25NO/c1-3-14-24-22-13-12-18-9-6-7-11-20(18)21(22)16-23-15-19-10-5-4-8-17(19)2/h4-13,23H,3,14-16H2,1-2H3. The Morgan fingerprint density at radius 3 is 2.50 bits per heavy atom. The smallest absolute Gasteiger partial charge is 0.124 e. The summed E-state index contributed by atoms with van der Waals surface area (Å²) in [6.07, 6.45) is 1.02. The fourth-order valence-electron chi connectivity index (χ4n) is 2.98. The third-order valence-corrected chi connectivity index (χ3v) is 4.34. The molecule has 0 atom stereocenters. The molecule has 1 N–H and O–H groups in total. The van der Waals surface area contributed by atoms with Gasteiger partial charge in [-0.1, -0.05) is 61.5 Å². The summed E-state index contributed by atoms with van der Waals surface area (Å²) in [4.78, 5) is 0. The molecule has 0 aliphatic heterocycles. The largest absolute Gasteiger partial charge is 0.493 e. The van der Waals surface area contributed by atoms with E-state index in [0.717, 1.165) is 31.9 Å². The van der Waals surface area contributed by atoms with Gasteiger partial charge in [-0.25, -0.2) is 0 Å². The second kappa shape index (κ2) is 7.98. The van der Waals surface area contributed by atoms with Crippen LogP contribution in [0.3, 0.4) is 0 Å². The molecule has 0 bridgehead atoms. The van der Waals surface area contributed by atoms with Crippen LogP contribution in [0.2, 0.25) is 0 Å². The van der Waals surface area contributed by atoms with Crippen molar-refractivity contribution in [3.8, 4) is 5.75 Å². The van der Waals surface area contributed by atoms with Gasteiger partial charge < -0.3 is 10.1 Å². The zero-order valence-electron chi connectivity index (χ0n) is 14.5. The maximum atomic E-state index is 5.98. The zero-order chi connectivity index (χ0) is 16.8. The monoisotopic (exact) mass is 319 g/mol. The summed E-state index contributed by atoms with van der Waals surface area (Å²) >= 11 is 0. The molecule has 2 heteroatoms. The fourth-order valence-corrected chi connectivity index (χ4v) is 2.98. The highest BCUT2D eigenvalue weighted by Gasteiger charge is 2.09. The SMILES string of the molecule is CCCOc1ccc2ccccc2c1CNCc1ccccc1C. The average molecular weight is 319 g/mol. The molecule has 3 aromatic carbocycles. The van der Waals surface area contributed by atoms with Crippen LogP contribution in [-0.2, 0) is 13.1 Å². The first-order chi connectivity index (χ1) is 11.8. The van der Waals surface area contributed by atoms with Gasteiger partial charge in [-0.3, -0.25) is 0 Å². The van der Waals surface area contributed by atoms with Crippen molar-refractivity contribution in [3.63, 3.8) is 0 Å². The number of fused-ring (bicyclic) bond motifs is 1. The summed E-state index contributed by atoms with van der Waals surface area (Å²) in [5.74, 6) is 0.993. The van der Waals surface area contributed by atoms with E-state index in [2.05, 4.69) is 79.8 Å². The molecule has 0 aliphatic rings. The maximum Gasteiger partial charge on any atom is 0.124 e. The number of hydrogen-bond acceptors (Lipinski definition) is 2. The van der Waals surface area contributed by atoms with Crippen LogP contribution in [0.1, 0.15) is 30.0 Å². The third kappa shape index (κ3) is 3.77. The van der Waals surface area contributed by atoms with E-state index in [1.54, 1.807) is 0 Å². The first kappa shape index (κ1) is 16.5. The first-order valence-electron chi connectivity index (χ1n) is 8.68. The lowest BCUT2D eigenvalue weighted by Crippen LogP contribution is -2.15. The maximum absolute atomic E-state index is 5.98. The zero-order valence-corrected chi connectivity index (χ0v) is 14.5. The molecule has 0 radical (unpaired) electrons. The molecule has 0 unspecified atom stereocenters. The van der Waals surface area contributed by atoms with Gasteiger partial charge in [-0.05, 0) is 41.3 Å². The highest BCUT2D eigenvalue weighted by molar-refractivity contribution is 5.87. The summed E-state index contributed by atoms with van der Waals surface area (Å²) < 4.78 is 5.98. The van der Waals surface area contributed by atoms with Gasteiger partial charge >= 0.3 is 0 Å². The van der Waals surface area contributed by atoms with Crippen LogP contribution in [0.4, 0.5) is 0 Å². The summed E-state index contributed by atoms with van der Waals surface area (Å²) in [6, 6.07) is 21.3. The number of aryl methyl sites for hydroxylation is 1. The summed E-state index contributed by atoms with van der Waals surface area (Å²) in [6.45, 7) is 6.71. The molecule has 0 heterocycles. The van der Waals surface area contributed by atoms with Gasteiger partial charge in [0.15, 0.2) is 0 Å². The molecule has 124 valence electrons. The Labute approximate surface area is 144 Å². The van der Waals surface area contributed by atoms with Crippen molar-refractivity contribution in [1.82, 2.24) is 5.32 Å².